The van der Waals surface area contributed by atoms with Gasteiger partial charge in [-0.2, -0.15) is 5.26 Å². The second-order valence-corrected chi connectivity index (χ2v) is 8.12. The fourth-order valence-electron chi connectivity index (χ4n) is 3.45. The van der Waals surface area contributed by atoms with Crippen molar-refractivity contribution in [2.24, 2.45) is 5.73 Å². The molecular weight excluding hydrogens is 552 g/mol. The van der Waals surface area contributed by atoms with Gasteiger partial charge in [0.2, 0.25) is 0 Å². The predicted octanol–water partition coefficient (Wildman–Crippen LogP) is 3.98. The highest BCUT2D eigenvalue weighted by atomic mass is 127. The maximum Gasteiger partial charge on any atom is 0.355 e. The monoisotopic (exact) mass is 567 g/mol. The molecule has 0 saturated heterocycles. The maximum atomic E-state index is 14.0. The van der Waals surface area contributed by atoms with Gasteiger partial charge < -0.3 is 15.2 Å². The topological polar surface area (TPSA) is 106 Å². The quantitative estimate of drug-likeness (QED) is 0.338. The van der Waals surface area contributed by atoms with Gasteiger partial charge in [-0.15, -0.1) is 0 Å². The molecule has 1 aliphatic rings. The number of nitriles is 1. The van der Waals surface area contributed by atoms with Crippen LogP contribution in [0.25, 0.3) is 0 Å². The van der Waals surface area contributed by atoms with Crippen molar-refractivity contribution in [1.82, 2.24) is 0 Å². The molecule has 1 aliphatic heterocycles. The van der Waals surface area contributed by atoms with Crippen LogP contribution in [0.4, 0.5) is 10.1 Å². The number of anilines is 1. The van der Waals surface area contributed by atoms with Crippen LogP contribution in [0.3, 0.4) is 0 Å². The number of nitrogens with two attached hydrogens (primary N) is 1. The highest BCUT2D eigenvalue weighted by Crippen LogP contribution is 2.45. The highest BCUT2D eigenvalue weighted by Gasteiger charge is 2.43. The third kappa shape index (κ3) is 4.03. The van der Waals surface area contributed by atoms with E-state index in [4.69, 9.17) is 26.8 Å². The van der Waals surface area contributed by atoms with Gasteiger partial charge in [0.1, 0.15) is 17.3 Å². The van der Waals surface area contributed by atoms with Crippen LogP contribution in [0.5, 0.6) is 0 Å². The first-order valence-corrected chi connectivity index (χ1v) is 10.5. The van der Waals surface area contributed by atoms with Gasteiger partial charge in [0.25, 0.3) is 0 Å². The molecule has 164 valence electrons. The summed E-state index contributed by atoms with van der Waals surface area (Å²) in [5, 5.41) is 9.89. The summed E-state index contributed by atoms with van der Waals surface area (Å²) >= 11 is 8.03. The minimum atomic E-state index is -1.00. The summed E-state index contributed by atoms with van der Waals surface area (Å²) in [4.78, 5) is 27.0. The van der Waals surface area contributed by atoms with Gasteiger partial charge in [-0.05, 0) is 40.3 Å². The highest BCUT2D eigenvalue weighted by molar-refractivity contribution is 14.1. The second-order valence-electron chi connectivity index (χ2n) is 6.55. The summed E-state index contributed by atoms with van der Waals surface area (Å²) in [5.41, 5.74) is 6.54. The molecule has 2 aromatic carbocycles. The number of ether oxygens (including phenoxy) is 2. The lowest BCUT2D eigenvalue weighted by Crippen LogP contribution is -2.41. The van der Waals surface area contributed by atoms with Crippen LogP contribution < -0.4 is 10.6 Å². The zero-order chi connectivity index (χ0) is 23.6. The number of hydrogen-bond acceptors (Lipinski definition) is 7. The Bertz CT molecular complexity index is 1210. The van der Waals surface area contributed by atoms with E-state index >= 15 is 0 Å². The number of allylic oxidation sites excluding steroid dienone is 1. The summed E-state index contributed by atoms with van der Waals surface area (Å²) in [6.07, 6.45) is 0. The molecule has 0 spiro atoms. The van der Waals surface area contributed by atoms with Gasteiger partial charge in [0, 0.05) is 0 Å². The molecule has 0 radical (unpaired) electrons. The van der Waals surface area contributed by atoms with E-state index in [0.29, 0.717) is 5.56 Å². The number of nitrogens with zero attached hydrogens (tertiary/aromatic N) is 2. The molecule has 2 aromatic rings. The van der Waals surface area contributed by atoms with E-state index in [-0.39, 0.29) is 36.9 Å². The fourth-order valence-corrected chi connectivity index (χ4v) is 4.13. The molecule has 0 fully saturated rings. The maximum absolute atomic E-state index is 14.0. The van der Waals surface area contributed by atoms with Crippen LogP contribution >= 0.6 is 34.2 Å². The molecule has 0 amide bonds. The molecule has 0 bridgehead atoms. The molecule has 7 nitrogen and oxygen atoms in total. The van der Waals surface area contributed by atoms with Gasteiger partial charge in [-0.3, -0.25) is 4.90 Å². The Kier molecular flexibility index (Phi) is 7.06. The first kappa shape index (κ1) is 23.6. The number of carbonyl (C=O) groups excluding carboxylic acids is 2. The van der Waals surface area contributed by atoms with Gasteiger partial charge in [0.05, 0.1) is 51.6 Å². The SMILES string of the molecule is COC(=O)C1=C(C(=O)OC)N(c2cc(I)c(F)cc2Cl)C(N)=C(C#N)C1c1ccccc1. The lowest BCUT2D eigenvalue weighted by molar-refractivity contribution is -0.139. The van der Waals surface area contributed by atoms with Crippen molar-refractivity contribution >= 4 is 51.8 Å². The van der Waals surface area contributed by atoms with Crippen molar-refractivity contribution in [3.8, 4) is 6.07 Å². The molecule has 1 heterocycles. The van der Waals surface area contributed by atoms with Crippen molar-refractivity contribution in [3.05, 3.63) is 85.1 Å². The van der Waals surface area contributed by atoms with E-state index in [1.54, 1.807) is 52.9 Å². The fraction of sp³-hybridized carbons (Fsp3) is 0.136. The van der Waals surface area contributed by atoms with Gasteiger partial charge >= 0.3 is 11.9 Å². The van der Waals surface area contributed by atoms with Crippen molar-refractivity contribution in [2.75, 3.05) is 19.1 Å². The van der Waals surface area contributed by atoms with E-state index in [0.717, 1.165) is 25.2 Å². The molecule has 10 heteroatoms. The molecule has 1 atom stereocenters. The molecule has 32 heavy (non-hydrogen) atoms. The molecule has 3 rings (SSSR count). The summed E-state index contributed by atoms with van der Waals surface area (Å²) < 4.78 is 24.1. The Morgan fingerprint density at radius 1 is 1.19 bits per heavy atom. The van der Waals surface area contributed by atoms with Crippen molar-refractivity contribution in [2.45, 2.75) is 5.92 Å². The molecule has 2 N–H and O–H groups in total. The predicted molar refractivity (Wildman–Crippen MR) is 124 cm³/mol. The van der Waals surface area contributed by atoms with Crippen molar-refractivity contribution in [3.63, 3.8) is 0 Å². The first-order valence-electron chi connectivity index (χ1n) is 9.06. The third-order valence-electron chi connectivity index (χ3n) is 4.84. The summed E-state index contributed by atoms with van der Waals surface area (Å²) in [6.45, 7) is 0. The summed E-state index contributed by atoms with van der Waals surface area (Å²) in [6, 6.07) is 13.0. The zero-order valence-corrected chi connectivity index (χ0v) is 19.8. The lowest BCUT2D eigenvalue weighted by atomic mass is 9.81. The van der Waals surface area contributed by atoms with Gasteiger partial charge in [0.15, 0.2) is 0 Å². The smallest absolute Gasteiger partial charge is 0.355 e. The lowest BCUT2D eigenvalue weighted by Gasteiger charge is -2.36. The van der Waals surface area contributed by atoms with Crippen LogP contribution in [0, 0.1) is 20.7 Å². The minimum absolute atomic E-state index is 0.0142. The van der Waals surface area contributed by atoms with Crippen LogP contribution in [0.2, 0.25) is 5.02 Å². The first-order chi connectivity index (χ1) is 15.3. The van der Waals surface area contributed by atoms with Crippen LogP contribution in [-0.2, 0) is 19.1 Å². The Labute approximate surface area is 202 Å². The average molecular weight is 568 g/mol. The Morgan fingerprint density at radius 2 is 1.81 bits per heavy atom. The standard InChI is InChI=1S/C22H16ClFIN3O4/c1-31-21(29)18-17(11-6-4-3-5-7-11)12(10-26)20(27)28(19(18)22(30)32-2)16-9-15(25)14(24)8-13(16)23/h3-9,17H,27H2,1-2H3. The van der Waals surface area contributed by atoms with E-state index in [9.17, 15) is 19.2 Å². The van der Waals surface area contributed by atoms with Crippen LogP contribution in [0.1, 0.15) is 11.5 Å². The van der Waals surface area contributed by atoms with Crippen LogP contribution in [0.15, 0.2) is 65.1 Å². The zero-order valence-electron chi connectivity index (χ0n) is 16.9. The second kappa shape index (κ2) is 9.58. The number of rotatable bonds is 4. The largest absolute Gasteiger partial charge is 0.466 e. The summed E-state index contributed by atoms with van der Waals surface area (Å²) in [7, 11) is 2.29. The Morgan fingerprint density at radius 3 is 2.38 bits per heavy atom. The molecule has 1 unspecified atom stereocenters. The van der Waals surface area contributed by atoms with E-state index in [1.165, 1.54) is 6.07 Å². The number of esters is 2. The van der Waals surface area contributed by atoms with Gasteiger partial charge in [-0.1, -0.05) is 41.9 Å². The molecule has 0 aromatic heterocycles. The van der Waals surface area contributed by atoms with Crippen LogP contribution in [-0.4, -0.2) is 26.2 Å². The van der Waals surface area contributed by atoms with E-state index in [2.05, 4.69) is 0 Å². The Hall–Kier alpha value is -3.10. The molecule has 0 saturated carbocycles. The summed E-state index contributed by atoms with van der Waals surface area (Å²) in [5.74, 6) is -3.52. The number of benzene rings is 2. The number of carbonyl (C=O) groups is 2. The van der Waals surface area contributed by atoms with Gasteiger partial charge in [-0.25, -0.2) is 14.0 Å². The number of hydrogen-bond donors (Lipinski definition) is 1. The normalized spacial score (nSPS) is 16.0. The molecular formula is C22H16ClFIN3O4. The average Bonchev–Trinajstić information content (AvgIpc) is 2.80. The minimum Gasteiger partial charge on any atom is -0.466 e. The van der Waals surface area contributed by atoms with E-state index < -0.39 is 23.7 Å². The number of methoxy groups -OCH3 is 2. The number of halogens is 3. The Balaban J connectivity index is 2.46. The molecule has 0 aliphatic carbocycles. The van der Waals surface area contributed by atoms with Crippen molar-refractivity contribution in [1.29, 1.82) is 5.26 Å². The third-order valence-corrected chi connectivity index (χ3v) is 5.97. The van der Waals surface area contributed by atoms with E-state index in [1.807, 2.05) is 6.07 Å². The van der Waals surface area contributed by atoms with Crippen molar-refractivity contribution < 1.29 is 23.5 Å².